The van der Waals surface area contributed by atoms with Crippen molar-refractivity contribution in [2.75, 3.05) is 17.7 Å². The summed E-state index contributed by atoms with van der Waals surface area (Å²) in [5.41, 5.74) is 5.91. The Hall–Kier alpha value is -3.82. The molecule has 3 aromatic carbocycles. The van der Waals surface area contributed by atoms with Gasteiger partial charge in [-0.05, 0) is 86.3 Å². The van der Waals surface area contributed by atoms with Crippen LogP contribution < -0.4 is 15.4 Å². The SMILES string of the molecule is Cc1ccc(C)c(NC(=O)CSc2nnc(CNC(=O)COc3ccc(Cl)cc3)n2-c2cccc(C)c2C)c1. The van der Waals surface area contributed by atoms with Crippen LogP contribution in [-0.4, -0.2) is 38.9 Å². The summed E-state index contributed by atoms with van der Waals surface area (Å²) in [5.74, 6) is 0.797. The molecule has 0 aliphatic carbocycles. The molecule has 2 amide bonds. The molecule has 0 radical (unpaired) electrons. The Balaban J connectivity index is 1.47. The predicted octanol–water partition coefficient (Wildman–Crippen LogP) is 5.58. The summed E-state index contributed by atoms with van der Waals surface area (Å²) >= 11 is 7.18. The molecule has 0 aliphatic rings. The van der Waals surface area contributed by atoms with Crippen LogP contribution in [0, 0.1) is 27.7 Å². The third-order valence-corrected chi connectivity index (χ3v) is 7.33. The number of rotatable bonds is 10. The number of hydrogen-bond acceptors (Lipinski definition) is 6. The maximum Gasteiger partial charge on any atom is 0.258 e. The summed E-state index contributed by atoms with van der Waals surface area (Å²) in [6, 6.07) is 18.7. The van der Waals surface area contributed by atoms with Gasteiger partial charge in [0.2, 0.25) is 5.91 Å². The van der Waals surface area contributed by atoms with Crippen LogP contribution in [0.15, 0.2) is 65.8 Å². The van der Waals surface area contributed by atoms with Crippen LogP contribution in [0.25, 0.3) is 5.69 Å². The van der Waals surface area contributed by atoms with E-state index in [0.717, 1.165) is 33.6 Å². The van der Waals surface area contributed by atoms with Crippen molar-refractivity contribution in [3.05, 3.63) is 93.8 Å². The Morgan fingerprint density at radius 1 is 0.949 bits per heavy atom. The molecule has 0 fully saturated rings. The van der Waals surface area contributed by atoms with Crippen molar-refractivity contribution in [1.29, 1.82) is 0 Å². The zero-order valence-electron chi connectivity index (χ0n) is 22.2. The fraction of sp³-hybridized carbons (Fsp3) is 0.241. The van der Waals surface area contributed by atoms with E-state index >= 15 is 0 Å². The van der Waals surface area contributed by atoms with Gasteiger partial charge in [-0.25, -0.2) is 0 Å². The number of carbonyl (C=O) groups is 2. The van der Waals surface area contributed by atoms with Crippen LogP contribution in [0.5, 0.6) is 5.75 Å². The number of halogens is 1. The first-order valence-electron chi connectivity index (χ1n) is 12.4. The fourth-order valence-electron chi connectivity index (χ4n) is 3.82. The normalized spacial score (nSPS) is 10.8. The van der Waals surface area contributed by atoms with Gasteiger partial charge in [0.15, 0.2) is 17.6 Å². The maximum absolute atomic E-state index is 12.8. The maximum atomic E-state index is 12.8. The molecular weight excluding hydrogens is 534 g/mol. The molecule has 0 atom stereocenters. The van der Waals surface area contributed by atoms with E-state index in [-0.39, 0.29) is 30.7 Å². The van der Waals surface area contributed by atoms with Gasteiger partial charge < -0.3 is 15.4 Å². The van der Waals surface area contributed by atoms with Gasteiger partial charge in [0.1, 0.15) is 5.75 Å². The van der Waals surface area contributed by atoms with Gasteiger partial charge in [-0.15, -0.1) is 10.2 Å². The number of aromatic nitrogens is 3. The summed E-state index contributed by atoms with van der Waals surface area (Å²) in [6.07, 6.45) is 0. The van der Waals surface area contributed by atoms with E-state index in [2.05, 4.69) is 20.8 Å². The Morgan fingerprint density at radius 2 is 1.72 bits per heavy atom. The molecule has 0 saturated heterocycles. The first-order chi connectivity index (χ1) is 18.7. The van der Waals surface area contributed by atoms with Crippen LogP contribution in [0.1, 0.15) is 28.1 Å². The third kappa shape index (κ3) is 7.40. The topological polar surface area (TPSA) is 98.1 Å². The van der Waals surface area contributed by atoms with Crippen molar-refractivity contribution >= 4 is 40.9 Å². The van der Waals surface area contributed by atoms with Crippen molar-refractivity contribution in [2.24, 2.45) is 0 Å². The zero-order valence-corrected chi connectivity index (χ0v) is 23.8. The molecule has 0 saturated carbocycles. The van der Waals surface area contributed by atoms with E-state index in [1.54, 1.807) is 24.3 Å². The smallest absolute Gasteiger partial charge is 0.258 e. The van der Waals surface area contributed by atoms with Crippen molar-refractivity contribution in [1.82, 2.24) is 20.1 Å². The molecule has 0 bridgehead atoms. The minimum Gasteiger partial charge on any atom is -0.484 e. The molecule has 1 aromatic heterocycles. The number of benzene rings is 3. The van der Waals surface area contributed by atoms with Gasteiger partial charge in [0.25, 0.3) is 5.91 Å². The highest BCUT2D eigenvalue weighted by Gasteiger charge is 2.19. The molecule has 202 valence electrons. The molecule has 0 spiro atoms. The number of aryl methyl sites for hydroxylation is 3. The minimum atomic E-state index is -0.303. The second kappa shape index (κ2) is 12.8. The quantitative estimate of drug-likeness (QED) is 0.244. The lowest BCUT2D eigenvalue weighted by Crippen LogP contribution is -2.29. The Morgan fingerprint density at radius 3 is 2.49 bits per heavy atom. The van der Waals surface area contributed by atoms with Crippen LogP contribution in [0.4, 0.5) is 5.69 Å². The Kier molecular flexibility index (Phi) is 9.27. The molecular formula is C29H30ClN5O3S. The molecule has 10 heteroatoms. The molecule has 0 aliphatic heterocycles. The van der Waals surface area contributed by atoms with Gasteiger partial charge >= 0.3 is 0 Å². The van der Waals surface area contributed by atoms with Crippen LogP contribution in [0.2, 0.25) is 5.02 Å². The van der Waals surface area contributed by atoms with Crippen molar-refractivity contribution in [3.63, 3.8) is 0 Å². The highest BCUT2D eigenvalue weighted by Crippen LogP contribution is 2.26. The zero-order chi connectivity index (χ0) is 27.9. The summed E-state index contributed by atoms with van der Waals surface area (Å²) < 4.78 is 7.42. The number of anilines is 1. The number of hydrogen-bond donors (Lipinski definition) is 2. The molecule has 0 unspecified atom stereocenters. The van der Waals surface area contributed by atoms with E-state index in [1.807, 2.05) is 68.7 Å². The first-order valence-corrected chi connectivity index (χ1v) is 13.7. The third-order valence-electron chi connectivity index (χ3n) is 6.14. The second-order valence-corrected chi connectivity index (χ2v) is 10.5. The fourth-order valence-corrected chi connectivity index (χ4v) is 4.71. The second-order valence-electron chi connectivity index (χ2n) is 9.13. The van der Waals surface area contributed by atoms with Crippen molar-refractivity contribution < 1.29 is 14.3 Å². The van der Waals surface area contributed by atoms with E-state index in [1.165, 1.54) is 11.8 Å². The lowest BCUT2D eigenvalue weighted by Gasteiger charge is -2.15. The average molecular weight is 564 g/mol. The Labute approximate surface area is 237 Å². The van der Waals surface area contributed by atoms with E-state index in [0.29, 0.717) is 21.8 Å². The molecule has 2 N–H and O–H groups in total. The molecule has 39 heavy (non-hydrogen) atoms. The van der Waals surface area contributed by atoms with E-state index in [4.69, 9.17) is 16.3 Å². The number of nitrogens with one attached hydrogen (secondary N) is 2. The van der Waals surface area contributed by atoms with Gasteiger partial charge in [0, 0.05) is 10.7 Å². The van der Waals surface area contributed by atoms with Crippen molar-refractivity contribution in [2.45, 2.75) is 39.4 Å². The summed E-state index contributed by atoms with van der Waals surface area (Å²) in [4.78, 5) is 25.3. The van der Waals surface area contributed by atoms with Gasteiger partial charge in [-0.1, -0.05) is 47.6 Å². The lowest BCUT2D eigenvalue weighted by molar-refractivity contribution is -0.123. The monoisotopic (exact) mass is 563 g/mol. The van der Waals surface area contributed by atoms with Crippen molar-refractivity contribution in [3.8, 4) is 11.4 Å². The summed E-state index contributed by atoms with van der Waals surface area (Å²) in [6.45, 7) is 7.98. The van der Waals surface area contributed by atoms with Gasteiger partial charge in [-0.3, -0.25) is 14.2 Å². The van der Waals surface area contributed by atoms with Crippen LogP contribution >= 0.6 is 23.4 Å². The van der Waals surface area contributed by atoms with Gasteiger partial charge in [0.05, 0.1) is 18.0 Å². The highest BCUT2D eigenvalue weighted by molar-refractivity contribution is 7.99. The Bertz CT molecular complexity index is 1490. The van der Waals surface area contributed by atoms with Gasteiger partial charge in [-0.2, -0.15) is 0 Å². The highest BCUT2D eigenvalue weighted by atomic mass is 35.5. The number of nitrogens with zero attached hydrogens (tertiary/aromatic N) is 3. The largest absolute Gasteiger partial charge is 0.484 e. The molecule has 8 nitrogen and oxygen atoms in total. The van der Waals surface area contributed by atoms with E-state index in [9.17, 15) is 9.59 Å². The summed E-state index contributed by atoms with van der Waals surface area (Å²) in [5, 5.41) is 15.7. The summed E-state index contributed by atoms with van der Waals surface area (Å²) in [7, 11) is 0. The van der Waals surface area contributed by atoms with Crippen LogP contribution in [0.3, 0.4) is 0 Å². The predicted molar refractivity (Wildman–Crippen MR) is 155 cm³/mol. The lowest BCUT2D eigenvalue weighted by atomic mass is 10.1. The number of amides is 2. The number of carbonyl (C=O) groups excluding carboxylic acids is 2. The standard InChI is InChI=1S/C29H30ClN5O3S/c1-18-8-9-20(3)24(14-18)32-28(37)17-39-29-34-33-26(35(29)25-7-5-6-19(2)21(25)4)15-31-27(36)16-38-23-12-10-22(30)11-13-23/h5-14H,15-17H2,1-4H3,(H,31,36)(H,32,37). The van der Waals surface area contributed by atoms with Crippen LogP contribution in [-0.2, 0) is 16.1 Å². The minimum absolute atomic E-state index is 0.137. The number of ether oxygens (including phenoxy) is 1. The molecule has 4 rings (SSSR count). The molecule has 1 heterocycles. The number of thioether (sulfide) groups is 1. The first kappa shape index (κ1) is 28.2. The average Bonchev–Trinajstić information content (AvgIpc) is 3.32. The van der Waals surface area contributed by atoms with E-state index < -0.39 is 0 Å². The molecule has 4 aromatic rings.